The number of nitrogens with zero attached hydrogens (tertiary/aromatic N) is 1. The van der Waals surface area contributed by atoms with E-state index in [1.165, 1.54) is 4.90 Å². The lowest BCUT2D eigenvalue weighted by Gasteiger charge is -2.08. The van der Waals surface area contributed by atoms with Crippen molar-refractivity contribution in [1.82, 2.24) is 9.88 Å². The number of carbonyl (C=O) groups is 2. The summed E-state index contributed by atoms with van der Waals surface area (Å²) >= 11 is 1.60. The molecule has 2 rings (SSSR count). The lowest BCUT2D eigenvalue weighted by atomic mass is 10.1. The van der Waals surface area contributed by atoms with Crippen LogP contribution in [-0.4, -0.2) is 41.9 Å². The number of rotatable bonds is 3. The quantitative estimate of drug-likeness (QED) is 0.524. The van der Waals surface area contributed by atoms with Gasteiger partial charge in [-0.15, -0.1) is 11.8 Å². The number of hydrogen-bond donors (Lipinski definition) is 1. The van der Waals surface area contributed by atoms with Crippen molar-refractivity contribution in [2.24, 2.45) is 0 Å². The molecule has 0 atom stereocenters. The average Bonchev–Trinajstić information content (AvgIpc) is 2.79. The van der Waals surface area contributed by atoms with Crippen LogP contribution in [0.25, 0.3) is 10.9 Å². The Kier molecular flexibility index (Phi) is 3.43. The van der Waals surface area contributed by atoms with E-state index in [4.69, 9.17) is 0 Å². The van der Waals surface area contributed by atoms with Gasteiger partial charge in [0.2, 0.25) is 0 Å². The molecule has 0 fully saturated rings. The number of hydrogen-bond acceptors (Lipinski definition) is 3. The molecule has 0 saturated carbocycles. The lowest BCUT2D eigenvalue weighted by molar-refractivity contribution is -0.124. The van der Waals surface area contributed by atoms with E-state index < -0.39 is 11.7 Å². The zero-order valence-electron chi connectivity index (χ0n) is 10.5. The summed E-state index contributed by atoms with van der Waals surface area (Å²) < 4.78 is 0. The summed E-state index contributed by atoms with van der Waals surface area (Å²) in [5.41, 5.74) is 1.29. The Hall–Kier alpha value is -1.75. The van der Waals surface area contributed by atoms with Gasteiger partial charge < -0.3 is 9.88 Å². The van der Waals surface area contributed by atoms with E-state index in [2.05, 4.69) is 4.98 Å². The van der Waals surface area contributed by atoms with Crippen molar-refractivity contribution >= 4 is 34.4 Å². The Morgan fingerprint density at radius 3 is 2.61 bits per heavy atom. The number of likely N-dealkylation sites (N-methyl/N-ethyl adjacent to an activating group) is 1. The number of benzene rings is 1. The van der Waals surface area contributed by atoms with Crippen molar-refractivity contribution in [3.63, 3.8) is 0 Å². The molecule has 1 N–H and O–H groups in total. The first-order chi connectivity index (χ1) is 8.54. The molecule has 0 radical (unpaired) electrons. The van der Waals surface area contributed by atoms with Crippen molar-refractivity contribution in [1.29, 1.82) is 0 Å². The van der Waals surface area contributed by atoms with Crippen LogP contribution < -0.4 is 0 Å². The largest absolute Gasteiger partial charge is 0.360 e. The highest BCUT2D eigenvalue weighted by Crippen LogP contribution is 2.24. The van der Waals surface area contributed by atoms with Gasteiger partial charge in [-0.05, 0) is 24.5 Å². The van der Waals surface area contributed by atoms with E-state index in [0.29, 0.717) is 5.56 Å². The molecule has 4 nitrogen and oxygen atoms in total. The normalized spacial score (nSPS) is 10.6. The van der Waals surface area contributed by atoms with E-state index in [0.717, 1.165) is 15.8 Å². The first kappa shape index (κ1) is 12.7. The molecular formula is C13H14N2O2S. The molecule has 0 aliphatic heterocycles. The fraction of sp³-hybridized carbons (Fsp3) is 0.231. The van der Waals surface area contributed by atoms with Crippen LogP contribution in [0, 0.1) is 0 Å². The predicted molar refractivity (Wildman–Crippen MR) is 73.1 cm³/mol. The summed E-state index contributed by atoms with van der Waals surface area (Å²) in [4.78, 5) is 29.1. The summed E-state index contributed by atoms with van der Waals surface area (Å²) in [6.45, 7) is 0. The van der Waals surface area contributed by atoms with Gasteiger partial charge in [-0.1, -0.05) is 0 Å². The minimum absolute atomic E-state index is 0.430. The number of ketones is 1. The monoisotopic (exact) mass is 262 g/mol. The minimum Gasteiger partial charge on any atom is -0.360 e. The smallest absolute Gasteiger partial charge is 0.294 e. The van der Waals surface area contributed by atoms with Crippen molar-refractivity contribution < 1.29 is 9.59 Å². The number of aromatic nitrogens is 1. The molecule has 1 aromatic heterocycles. The SMILES string of the molecule is CSc1ccc2[nH]cc(C(=O)C(=O)N(C)C)c2c1. The summed E-state index contributed by atoms with van der Waals surface area (Å²) in [7, 11) is 3.14. The summed E-state index contributed by atoms with van der Waals surface area (Å²) in [6.07, 6.45) is 3.57. The molecule has 0 spiro atoms. The van der Waals surface area contributed by atoms with Gasteiger partial charge in [-0.2, -0.15) is 0 Å². The highest BCUT2D eigenvalue weighted by Gasteiger charge is 2.21. The fourth-order valence-electron chi connectivity index (χ4n) is 1.73. The van der Waals surface area contributed by atoms with Gasteiger partial charge in [0.15, 0.2) is 0 Å². The van der Waals surface area contributed by atoms with E-state index >= 15 is 0 Å². The number of amides is 1. The van der Waals surface area contributed by atoms with Gasteiger partial charge in [-0.3, -0.25) is 9.59 Å². The maximum absolute atomic E-state index is 12.0. The molecule has 0 bridgehead atoms. The maximum atomic E-state index is 12.0. The van der Waals surface area contributed by atoms with Crippen LogP contribution in [-0.2, 0) is 4.79 Å². The summed E-state index contributed by atoms with van der Waals surface area (Å²) in [5.74, 6) is -0.991. The van der Waals surface area contributed by atoms with Crippen LogP contribution in [0.3, 0.4) is 0 Å². The van der Waals surface area contributed by atoms with Crippen molar-refractivity contribution in [2.75, 3.05) is 20.4 Å². The molecule has 1 heterocycles. The van der Waals surface area contributed by atoms with E-state index in [9.17, 15) is 9.59 Å². The lowest BCUT2D eigenvalue weighted by Crippen LogP contribution is -2.29. The first-order valence-corrected chi connectivity index (χ1v) is 6.68. The van der Waals surface area contributed by atoms with Gasteiger partial charge in [0.05, 0.1) is 5.56 Å². The number of H-pyrrole nitrogens is 1. The number of aromatic amines is 1. The van der Waals surface area contributed by atoms with Gasteiger partial charge in [0.1, 0.15) is 0 Å². The number of fused-ring (bicyclic) bond motifs is 1. The second kappa shape index (κ2) is 4.86. The Labute approximate surface area is 109 Å². The number of Topliss-reactive ketones (excluding diaryl/α,β-unsaturated/α-hetero) is 1. The Bertz CT molecular complexity index is 616. The van der Waals surface area contributed by atoms with Crippen LogP contribution in [0.5, 0.6) is 0 Å². The first-order valence-electron chi connectivity index (χ1n) is 5.45. The second-order valence-electron chi connectivity index (χ2n) is 4.14. The fourth-order valence-corrected chi connectivity index (χ4v) is 2.17. The third-order valence-electron chi connectivity index (χ3n) is 2.73. The van der Waals surface area contributed by atoms with Crippen LogP contribution in [0.1, 0.15) is 10.4 Å². The number of carbonyl (C=O) groups excluding carboxylic acids is 2. The van der Waals surface area contributed by atoms with E-state index in [1.54, 1.807) is 32.1 Å². The molecule has 1 amide bonds. The van der Waals surface area contributed by atoms with Crippen molar-refractivity contribution in [2.45, 2.75) is 4.90 Å². The highest BCUT2D eigenvalue weighted by atomic mass is 32.2. The molecular weight excluding hydrogens is 248 g/mol. The zero-order valence-corrected chi connectivity index (χ0v) is 11.3. The Morgan fingerprint density at radius 2 is 2.00 bits per heavy atom. The van der Waals surface area contributed by atoms with Crippen molar-refractivity contribution in [3.05, 3.63) is 30.0 Å². The molecule has 1 aromatic carbocycles. The summed E-state index contributed by atoms with van der Waals surface area (Å²) in [6, 6.07) is 5.82. The van der Waals surface area contributed by atoms with Crippen LogP contribution in [0.15, 0.2) is 29.3 Å². The molecule has 0 unspecified atom stereocenters. The topological polar surface area (TPSA) is 53.2 Å². The Balaban J connectivity index is 2.51. The van der Waals surface area contributed by atoms with Gasteiger partial charge in [0.25, 0.3) is 11.7 Å². The number of thioether (sulfide) groups is 1. The van der Waals surface area contributed by atoms with Gasteiger partial charge >= 0.3 is 0 Å². The maximum Gasteiger partial charge on any atom is 0.294 e. The van der Waals surface area contributed by atoms with Gasteiger partial charge in [-0.25, -0.2) is 0 Å². The molecule has 0 aliphatic carbocycles. The average molecular weight is 262 g/mol. The highest BCUT2D eigenvalue weighted by molar-refractivity contribution is 7.98. The van der Waals surface area contributed by atoms with Gasteiger partial charge in [0, 0.05) is 36.1 Å². The molecule has 5 heteroatoms. The van der Waals surface area contributed by atoms with Crippen LogP contribution in [0.4, 0.5) is 0 Å². The van der Waals surface area contributed by atoms with Crippen LogP contribution >= 0.6 is 11.8 Å². The second-order valence-corrected chi connectivity index (χ2v) is 5.02. The van der Waals surface area contributed by atoms with E-state index in [-0.39, 0.29) is 0 Å². The van der Waals surface area contributed by atoms with Crippen molar-refractivity contribution in [3.8, 4) is 0 Å². The summed E-state index contributed by atoms with van der Waals surface area (Å²) in [5, 5.41) is 0.794. The molecule has 2 aromatic rings. The zero-order chi connectivity index (χ0) is 13.3. The molecule has 18 heavy (non-hydrogen) atoms. The molecule has 94 valence electrons. The molecule has 0 saturated heterocycles. The van der Waals surface area contributed by atoms with E-state index in [1.807, 2.05) is 24.5 Å². The Morgan fingerprint density at radius 1 is 1.28 bits per heavy atom. The third-order valence-corrected chi connectivity index (χ3v) is 3.46. The third kappa shape index (κ3) is 2.13. The standard InChI is InChI=1S/C13H14N2O2S/c1-15(2)13(17)12(16)10-7-14-11-5-4-8(18-3)6-9(10)11/h4-7,14H,1-3H3. The molecule has 0 aliphatic rings. The number of nitrogens with one attached hydrogen (secondary N) is 1. The minimum atomic E-state index is -0.509. The van der Waals surface area contributed by atoms with Crippen LogP contribution in [0.2, 0.25) is 0 Å². The predicted octanol–water partition coefficient (Wildman–Crippen LogP) is 2.16.